The van der Waals surface area contributed by atoms with Crippen molar-refractivity contribution in [3.05, 3.63) is 47.0 Å². The van der Waals surface area contributed by atoms with Crippen molar-refractivity contribution in [3.63, 3.8) is 0 Å². The molecule has 0 saturated heterocycles. The first kappa shape index (κ1) is 16.3. The highest BCUT2D eigenvalue weighted by Gasteiger charge is 2.18. The molecule has 3 rings (SSSR count). The number of rotatable bonds is 4. The normalized spacial score (nSPS) is 10.7. The summed E-state index contributed by atoms with van der Waals surface area (Å²) < 4.78 is 11.6. The van der Waals surface area contributed by atoms with Crippen molar-refractivity contribution in [3.8, 4) is 11.5 Å². The van der Waals surface area contributed by atoms with Crippen LogP contribution in [0.25, 0.3) is 10.2 Å². The smallest absolute Gasteiger partial charge is 0.261 e. The summed E-state index contributed by atoms with van der Waals surface area (Å²) in [6, 6.07) is 9.30. The molecule has 2 aromatic carbocycles. The van der Waals surface area contributed by atoms with Gasteiger partial charge in [0.1, 0.15) is 0 Å². The Morgan fingerprint density at radius 3 is 2.50 bits per heavy atom. The van der Waals surface area contributed by atoms with E-state index < -0.39 is 0 Å². The van der Waals surface area contributed by atoms with E-state index in [1.807, 2.05) is 19.9 Å². The standard InChI is InChI=1S/C18H18N2O3S/c1-10-8-9-11(2)16-14(10)19-18(24-16)20-17(21)12-6-5-7-13(22-3)15(12)23-4/h5-9H,1-4H3,(H,19,20,21). The number of hydrogen-bond acceptors (Lipinski definition) is 5. The van der Waals surface area contributed by atoms with E-state index in [-0.39, 0.29) is 5.91 Å². The van der Waals surface area contributed by atoms with Crippen LogP contribution >= 0.6 is 11.3 Å². The van der Waals surface area contributed by atoms with Crippen LogP contribution in [0.5, 0.6) is 11.5 Å². The minimum atomic E-state index is -0.278. The quantitative estimate of drug-likeness (QED) is 0.772. The third-order valence-electron chi connectivity index (χ3n) is 3.81. The molecule has 0 aliphatic heterocycles. The number of aryl methyl sites for hydroxylation is 2. The molecule has 6 heteroatoms. The highest BCUT2D eigenvalue weighted by atomic mass is 32.1. The zero-order valence-electron chi connectivity index (χ0n) is 14.0. The van der Waals surface area contributed by atoms with E-state index in [9.17, 15) is 4.79 Å². The van der Waals surface area contributed by atoms with Gasteiger partial charge in [0.15, 0.2) is 16.6 Å². The monoisotopic (exact) mass is 342 g/mol. The number of nitrogens with one attached hydrogen (secondary N) is 1. The lowest BCUT2D eigenvalue weighted by atomic mass is 10.1. The van der Waals surface area contributed by atoms with Gasteiger partial charge in [0, 0.05) is 0 Å². The number of carbonyl (C=O) groups excluding carboxylic acids is 1. The average Bonchev–Trinajstić information content (AvgIpc) is 3.02. The molecule has 1 aromatic heterocycles. The predicted octanol–water partition coefficient (Wildman–Crippen LogP) is 4.18. The van der Waals surface area contributed by atoms with E-state index in [1.54, 1.807) is 25.3 Å². The van der Waals surface area contributed by atoms with Crippen LogP contribution in [0.1, 0.15) is 21.5 Å². The van der Waals surface area contributed by atoms with E-state index in [1.165, 1.54) is 18.4 Å². The molecular weight excluding hydrogens is 324 g/mol. The van der Waals surface area contributed by atoms with Gasteiger partial charge in [-0.25, -0.2) is 4.98 Å². The summed E-state index contributed by atoms with van der Waals surface area (Å²) in [7, 11) is 3.05. The molecule has 0 atom stereocenters. The van der Waals surface area contributed by atoms with Crippen molar-refractivity contribution >= 4 is 32.6 Å². The molecule has 1 N–H and O–H groups in total. The number of carbonyl (C=O) groups is 1. The molecule has 0 bridgehead atoms. The fourth-order valence-corrected chi connectivity index (χ4v) is 3.55. The van der Waals surface area contributed by atoms with Crippen LogP contribution < -0.4 is 14.8 Å². The van der Waals surface area contributed by atoms with Gasteiger partial charge in [-0.2, -0.15) is 0 Å². The van der Waals surface area contributed by atoms with Crippen molar-refractivity contribution in [2.24, 2.45) is 0 Å². The van der Waals surface area contributed by atoms with Crippen LogP contribution in [0.15, 0.2) is 30.3 Å². The lowest BCUT2D eigenvalue weighted by Gasteiger charge is -2.11. The van der Waals surface area contributed by atoms with Gasteiger partial charge in [0.25, 0.3) is 5.91 Å². The number of hydrogen-bond donors (Lipinski definition) is 1. The van der Waals surface area contributed by atoms with Crippen LogP contribution in [0.4, 0.5) is 5.13 Å². The first-order chi connectivity index (χ1) is 11.5. The first-order valence-electron chi connectivity index (χ1n) is 7.44. The Morgan fingerprint density at radius 1 is 1.08 bits per heavy atom. The Morgan fingerprint density at radius 2 is 1.83 bits per heavy atom. The molecule has 0 unspecified atom stereocenters. The van der Waals surface area contributed by atoms with E-state index >= 15 is 0 Å². The Bertz CT molecular complexity index is 879. The van der Waals surface area contributed by atoms with Gasteiger partial charge >= 0.3 is 0 Å². The molecule has 24 heavy (non-hydrogen) atoms. The third kappa shape index (κ3) is 2.80. The number of ether oxygens (including phenoxy) is 2. The van der Waals surface area contributed by atoms with Crippen LogP contribution in [0.2, 0.25) is 0 Å². The average molecular weight is 342 g/mol. The van der Waals surface area contributed by atoms with Gasteiger partial charge in [0.2, 0.25) is 0 Å². The third-order valence-corrected chi connectivity index (χ3v) is 4.92. The molecule has 3 aromatic rings. The molecule has 0 spiro atoms. The number of thiazole rings is 1. The van der Waals surface area contributed by atoms with E-state index in [0.29, 0.717) is 22.2 Å². The van der Waals surface area contributed by atoms with Gasteiger partial charge < -0.3 is 9.47 Å². The Balaban J connectivity index is 1.96. The molecule has 124 valence electrons. The first-order valence-corrected chi connectivity index (χ1v) is 8.26. The number of amides is 1. The van der Waals surface area contributed by atoms with Crippen molar-refractivity contribution < 1.29 is 14.3 Å². The number of fused-ring (bicyclic) bond motifs is 1. The van der Waals surface area contributed by atoms with Crippen LogP contribution in [-0.4, -0.2) is 25.1 Å². The number of benzene rings is 2. The van der Waals surface area contributed by atoms with Gasteiger partial charge in [-0.15, -0.1) is 0 Å². The Kier molecular flexibility index (Phi) is 4.40. The fraction of sp³-hybridized carbons (Fsp3) is 0.222. The lowest BCUT2D eigenvalue weighted by molar-refractivity contribution is 0.102. The predicted molar refractivity (Wildman–Crippen MR) is 96.6 cm³/mol. The summed E-state index contributed by atoms with van der Waals surface area (Å²) >= 11 is 1.47. The second-order valence-corrected chi connectivity index (χ2v) is 6.39. The molecule has 0 aliphatic carbocycles. The van der Waals surface area contributed by atoms with Crippen molar-refractivity contribution in [2.45, 2.75) is 13.8 Å². The maximum Gasteiger partial charge on any atom is 0.261 e. The van der Waals surface area contributed by atoms with Crippen molar-refractivity contribution in [1.82, 2.24) is 4.98 Å². The van der Waals surface area contributed by atoms with Crippen LogP contribution in [0.3, 0.4) is 0 Å². The fourth-order valence-electron chi connectivity index (χ4n) is 2.54. The topological polar surface area (TPSA) is 60.5 Å². The van der Waals surface area contributed by atoms with Gasteiger partial charge in [-0.1, -0.05) is 29.5 Å². The molecule has 5 nitrogen and oxygen atoms in total. The summed E-state index contributed by atoms with van der Waals surface area (Å²) in [5.41, 5.74) is 3.57. The van der Waals surface area contributed by atoms with Crippen LogP contribution in [0, 0.1) is 13.8 Å². The zero-order chi connectivity index (χ0) is 17.3. The summed E-state index contributed by atoms with van der Waals surface area (Å²) in [6.07, 6.45) is 0. The van der Waals surface area contributed by atoms with Gasteiger partial charge in [0.05, 0.1) is 30.0 Å². The van der Waals surface area contributed by atoms with E-state index in [4.69, 9.17) is 9.47 Å². The molecular formula is C18H18N2O3S. The summed E-state index contributed by atoms with van der Waals surface area (Å²) in [6.45, 7) is 4.05. The van der Waals surface area contributed by atoms with Crippen LogP contribution in [-0.2, 0) is 0 Å². The lowest BCUT2D eigenvalue weighted by Crippen LogP contribution is -2.13. The molecule has 0 radical (unpaired) electrons. The number of nitrogens with zero attached hydrogens (tertiary/aromatic N) is 1. The van der Waals surface area contributed by atoms with Crippen molar-refractivity contribution in [2.75, 3.05) is 19.5 Å². The maximum atomic E-state index is 12.6. The van der Waals surface area contributed by atoms with Gasteiger partial charge in [-0.3, -0.25) is 10.1 Å². The Hall–Kier alpha value is -2.60. The second-order valence-electron chi connectivity index (χ2n) is 5.39. The molecule has 1 amide bonds. The SMILES string of the molecule is COc1cccc(C(=O)Nc2nc3c(C)ccc(C)c3s2)c1OC. The zero-order valence-corrected chi connectivity index (χ0v) is 14.8. The Labute approximate surface area is 144 Å². The minimum absolute atomic E-state index is 0.278. The van der Waals surface area contributed by atoms with Gasteiger partial charge in [-0.05, 0) is 37.1 Å². The number of anilines is 1. The second kappa shape index (κ2) is 6.49. The highest BCUT2D eigenvalue weighted by molar-refractivity contribution is 7.22. The number of aromatic nitrogens is 1. The molecule has 1 heterocycles. The molecule has 0 fully saturated rings. The largest absolute Gasteiger partial charge is 0.493 e. The van der Waals surface area contributed by atoms with E-state index in [2.05, 4.69) is 16.4 Å². The molecule has 0 aliphatic rings. The maximum absolute atomic E-state index is 12.6. The van der Waals surface area contributed by atoms with E-state index in [0.717, 1.165) is 21.3 Å². The summed E-state index contributed by atoms with van der Waals surface area (Å²) in [5.74, 6) is 0.646. The summed E-state index contributed by atoms with van der Waals surface area (Å²) in [5, 5.41) is 3.43. The van der Waals surface area contributed by atoms with Crippen molar-refractivity contribution in [1.29, 1.82) is 0 Å². The highest BCUT2D eigenvalue weighted by Crippen LogP contribution is 2.33. The minimum Gasteiger partial charge on any atom is -0.493 e. The number of methoxy groups -OCH3 is 2. The summed E-state index contributed by atoms with van der Waals surface area (Å²) in [4.78, 5) is 17.2. The number of para-hydroxylation sites is 1. The molecule has 0 saturated carbocycles.